The van der Waals surface area contributed by atoms with Crippen molar-refractivity contribution in [2.45, 2.75) is 63.8 Å². The fraction of sp³-hybridized carbons (Fsp3) is 0.923. The van der Waals surface area contributed by atoms with E-state index < -0.39 is 0 Å². The van der Waals surface area contributed by atoms with E-state index in [4.69, 9.17) is 5.73 Å². The molecule has 1 fully saturated rings. The molecule has 1 saturated carbocycles. The van der Waals surface area contributed by atoms with Crippen molar-refractivity contribution in [2.24, 2.45) is 11.7 Å². The lowest BCUT2D eigenvalue weighted by molar-refractivity contribution is -0.122. The van der Waals surface area contributed by atoms with E-state index in [9.17, 15) is 4.79 Å². The molecular weight excluding hydrogens is 232 g/mol. The summed E-state index contributed by atoms with van der Waals surface area (Å²) >= 11 is 1.74. The van der Waals surface area contributed by atoms with Crippen LogP contribution in [-0.4, -0.2) is 29.0 Å². The van der Waals surface area contributed by atoms with Crippen LogP contribution in [0.25, 0.3) is 0 Å². The number of hydrogen-bond donors (Lipinski definition) is 2. The smallest absolute Gasteiger partial charge is 0.233 e. The zero-order valence-corrected chi connectivity index (χ0v) is 12.1. The number of carbonyl (C=O) groups excluding carboxylic acids is 1. The van der Waals surface area contributed by atoms with E-state index in [0.29, 0.717) is 18.0 Å². The third-order valence-electron chi connectivity index (χ3n) is 3.33. The summed E-state index contributed by atoms with van der Waals surface area (Å²) in [7, 11) is 0. The van der Waals surface area contributed by atoms with Crippen molar-refractivity contribution >= 4 is 17.7 Å². The van der Waals surface area contributed by atoms with Gasteiger partial charge in [0.05, 0.1) is 5.25 Å². The molecule has 1 rings (SSSR count). The van der Waals surface area contributed by atoms with E-state index >= 15 is 0 Å². The van der Waals surface area contributed by atoms with Crippen LogP contribution in [-0.2, 0) is 4.79 Å². The number of nitrogens with one attached hydrogen (secondary N) is 1. The molecule has 0 aliphatic heterocycles. The summed E-state index contributed by atoms with van der Waals surface area (Å²) in [5.41, 5.74) is 5.87. The van der Waals surface area contributed by atoms with E-state index in [1.807, 2.05) is 0 Å². The molecule has 0 aromatic rings. The molecule has 0 saturated heterocycles. The standard InChI is InChI=1S/C13H26N2OS/c1-4-17-12(9(2)3)13(16)15-11-7-5-10(14)6-8-11/h9-12H,4-8,14H2,1-3H3,(H,15,16). The van der Waals surface area contributed by atoms with E-state index in [1.54, 1.807) is 11.8 Å². The molecule has 1 amide bonds. The van der Waals surface area contributed by atoms with Crippen LogP contribution >= 0.6 is 11.8 Å². The Bertz CT molecular complexity index is 238. The minimum absolute atomic E-state index is 0.0931. The highest BCUT2D eigenvalue weighted by molar-refractivity contribution is 8.00. The number of nitrogens with two attached hydrogens (primary N) is 1. The lowest BCUT2D eigenvalue weighted by Crippen LogP contribution is -2.45. The van der Waals surface area contributed by atoms with Gasteiger partial charge >= 0.3 is 0 Å². The summed E-state index contributed by atoms with van der Waals surface area (Å²) < 4.78 is 0. The number of thioether (sulfide) groups is 1. The normalized spacial score (nSPS) is 26.9. The van der Waals surface area contributed by atoms with E-state index in [-0.39, 0.29) is 11.2 Å². The van der Waals surface area contributed by atoms with Gasteiger partial charge in [0.1, 0.15) is 0 Å². The second-order valence-electron chi connectivity index (χ2n) is 5.24. The zero-order chi connectivity index (χ0) is 12.8. The molecule has 1 atom stereocenters. The maximum absolute atomic E-state index is 12.2. The van der Waals surface area contributed by atoms with E-state index in [0.717, 1.165) is 31.4 Å². The maximum Gasteiger partial charge on any atom is 0.233 e. The Balaban J connectivity index is 2.41. The van der Waals surface area contributed by atoms with Gasteiger partial charge in [-0.15, -0.1) is 11.8 Å². The van der Waals surface area contributed by atoms with Gasteiger partial charge in [-0.05, 0) is 37.4 Å². The first kappa shape index (κ1) is 14.8. The van der Waals surface area contributed by atoms with Crippen molar-refractivity contribution in [1.29, 1.82) is 0 Å². The molecule has 3 N–H and O–H groups in total. The average Bonchev–Trinajstić information content (AvgIpc) is 2.28. The Morgan fingerprint density at radius 3 is 2.41 bits per heavy atom. The summed E-state index contributed by atoms with van der Waals surface area (Å²) in [5, 5.41) is 3.28. The van der Waals surface area contributed by atoms with Gasteiger partial charge in [-0.3, -0.25) is 4.79 Å². The first-order valence-electron chi connectivity index (χ1n) is 6.72. The van der Waals surface area contributed by atoms with Crippen molar-refractivity contribution < 1.29 is 4.79 Å². The molecule has 1 aliphatic carbocycles. The summed E-state index contributed by atoms with van der Waals surface area (Å²) in [6, 6.07) is 0.690. The highest BCUT2D eigenvalue weighted by atomic mass is 32.2. The molecule has 1 unspecified atom stereocenters. The molecule has 0 aromatic heterocycles. The first-order valence-corrected chi connectivity index (χ1v) is 7.77. The van der Waals surface area contributed by atoms with E-state index in [1.165, 1.54) is 0 Å². The largest absolute Gasteiger partial charge is 0.352 e. The second kappa shape index (κ2) is 7.27. The molecule has 17 heavy (non-hydrogen) atoms. The van der Waals surface area contributed by atoms with Crippen molar-refractivity contribution in [2.75, 3.05) is 5.75 Å². The summed E-state index contributed by atoms with van der Waals surface area (Å²) in [4.78, 5) is 12.2. The van der Waals surface area contributed by atoms with Gasteiger partial charge in [-0.2, -0.15) is 0 Å². The number of hydrogen-bond acceptors (Lipinski definition) is 3. The predicted octanol–water partition coefficient (Wildman–Crippen LogP) is 2.15. The Morgan fingerprint density at radius 2 is 1.94 bits per heavy atom. The third-order valence-corrected chi connectivity index (χ3v) is 4.78. The maximum atomic E-state index is 12.2. The second-order valence-corrected chi connectivity index (χ2v) is 6.66. The van der Waals surface area contributed by atoms with Gasteiger partial charge in [-0.25, -0.2) is 0 Å². The van der Waals surface area contributed by atoms with Crippen molar-refractivity contribution in [1.82, 2.24) is 5.32 Å². The summed E-state index contributed by atoms with van der Waals surface area (Å²) in [6.45, 7) is 6.33. The number of amides is 1. The molecule has 4 heteroatoms. The van der Waals surface area contributed by atoms with Crippen molar-refractivity contribution in [3.8, 4) is 0 Å². The molecule has 3 nitrogen and oxygen atoms in total. The topological polar surface area (TPSA) is 55.1 Å². The quantitative estimate of drug-likeness (QED) is 0.794. The van der Waals surface area contributed by atoms with Crippen LogP contribution in [0.15, 0.2) is 0 Å². The summed E-state index contributed by atoms with van der Waals surface area (Å²) in [5.74, 6) is 1.60. The zero-order valence-electron chi connectivity index (χ0n) is 11.2. The Morgan fingerprint density at radius 1 is 1.35 bits per heavy atom. The van der Waals surface area contributed by atoms with Crippen LogP contribution in [0.3, 0.4) is 0 Å². The molecule has 1 aliphatic rings. The van der Waals surface area contributed by atoms with Crippen molar-refractivity contribution in [3.05, 3.63) is 0 Å². The molecule has 100 valence electrons. The average molecular weight is 258 g/mol. The van der Waals surface area contributed by atoms with Crippen LogP contribution in [0, 0.1) is 5.92 Å². The molecule has 0 radical (unpaired) electrons. The van der Waals surface area contributed by atoms with Crippen LogP contribution in [0.2, 0.25) is 0 Å². The van der Waals surface area contributed by atoms with Gasteiger partial charge in [0.2, 0.25) is 5.91 Å². The van der Waals surface area contributed by atoms with Crippen LogP contribution in [0.5, 0.6) is 0 Å². The molecule has 0 heterocycles. The fourth-order valence-corrected chi connectivity index (χ4v) is 3.26. The lowest BCUT2D eigenvalue weighted by Gasteiger charge is -2.29. The van der Waals surface area contributed by atoms with Gasteiger partial charge in [0.25, 0.3) is 0 Å². The molecular formula is C13H26N2OS. The molecule has 0 aromatic carbocycles. The van der Waals surface area contributed by atoms with Gasteiger partial charge < -0.3 is 11.1 Å². The van der Waals surface area contributed by atoms with Crippen molar-refractivity contribution in [3.63, 3.8) is 0 Å². The SMILES string of the molecule is CCSC(C(=O)NC1CCC(N)CC1)C(C)C. The van der Waals surface area contributed by atoms with Crippen LogP contribution < -0.4 is 11.1 Å². The van der Waals surface area contributed by atoms with Gasteiger partial charge in [0, 0.05) is 12.1 Å². The number of carbonyl (C=O) groups is 1. The van der Waals surface area contributed by atoms with Gasteiger partial charge in [0.15, 0.2) is 0 Å². The Kier molecular flexibility index (Phi) is 6.34. The Hall–Kier alpha value is -0.220. The highest BCUT2D eigenvalue weighted by Crippen LogP contribution is 2.22. The first-order chi connectivity index (χ1) is 8.04. The molecule has 0 bridgehead atoms. The van der Waals surface area contributed by atoms with Crippen LogP contribution in [0.4, 0.5) is 0 Å². The summed E-state index contributed by atoms with van der Waals surface area (Å²) in [6.07, 6.45) is 4.15. The minimum Gasteiger partial charge on any atom is -0.352 e. The monoisotopic (exact) mass is 258 g/mol. The fourth-order valence-electron chi connectivity index (χ4n) is 2.30. The number of rotatable bonds is 5. The molecule has 0 spiro atoms. The van der Waals surface area contributed by atoms with E-state index in [2.05, 4.69) is 26.1 Å². The third kappa shape index (κ3) is 4.88. The highest BCUT2D eigenvalue weighted by Gasteiger charge is 2.26. The van der Waals surface area contributed by atoms with Gasteiger partial charge in [-0.1, -0.05) is 20.8 Å². The minimum atomic E-state index is 0.0931. The Labute approximate surface area is 109 Å². The predicted molar refractivity (Wildman–Crippen MR) is 75.1 cm³/mol. The lowest BCUT2D eigenvalue weighted by atomic mass is 9.91. The van der Waals surface area contributed by atoms with Crippen LogP contribution in [0.1, 0.15) is 46.5 Å².